The Bertz CT molecular complexity index is 2300. The Hall–Kier alpha value is -3.87. The van der Waals surface area contributed by atoms with Crippen LogP contribution in [0.25, 0.3) is 21.9 Å². The number of ether oxygens (including phenoxy) is 2. The molecule has 1 aliphatic rings. The number of nitrogens with zero attached hydrogens (tertiary/aromatic N) is 4. The zero-order valence-electron chi connectivity index (χ0n) is 27.7. The first-order valence-corrected chi connectivity index (χ1v) is 20.6. The zero-order chi connectivity index (χ0) is 38.8. The highest BCUT2D eigenvalue weighted by Crippen LogP contribution is 2.68. The van der Waals surface area contributed by atoms with Crippen LogP contribution in [0.15, 0.2) is 79.1 Å². The number of benzene rings is 3. The van der Waals surface area contributed by atoms with Gasteiger partial charge in [-0.05, 0) is 35.5 Å². The minimum absolute atomic E-state index is 0.0472. The summed E-state index contributed by atoms with van der Waals surface area (Å²) in [6, 6.07) is 18.2. The zero-order valence-corrected chi connectivity index (χ0v) is 31.1. The number of phosphoric ester groups is 1. The number of fused-ring (bicyclic) bond motifs is 2. The maximum Gasteiger partial charge on any atom is 0.490 e. The van der Waals surface area contributed by atoms with Crippen molar-refractivity contribution in [2.75, 3.05) is 12.3 Å². The van der Waals surface area contributed by atoms with Crippen LogP contribution < -0.4 is 15.3 Å². The van der Waals surface area contributed by atoms with Gasteiger partial charge in [0.1, 0.15) is 36.1 Å². The van der Waals surface area contributed by atoms with Gasteiger partial charge in [0, 0.05) is 5.39 Å². The number of anilines is 1. The molecule has 6 rings (SSSR count). The topological polar surface area (TPSA) is 266 Å². The lowest BCUT2D eigenvalue weighted by molar-refractivity contribution is -0.146. The number of imidazole rings is 1. The number of rotatable bonds is 15. The molecule has 3 aromatic carbocycles. The summed E-state index contributed by atoms with van der Waals surface area (Å²) < 4.78 is 86.8. The highest BCUT2D eigenvalue weighted by Gasteiger charge is 2.49. The van der Waals surface area contributed by atoms with Crippen molar-refractivity contribution in [1.29, 1.82) is 0 Å². The Morgan fingerprint density at radius 1 is 1.04 bits per heavy atom. The van der Waals surface area contributed by atoms with E-state index in [2.05, 4.69) is 24.3 Å². The molecule has 19 nitrogen and oxygen atoms in total. The van der Waals surface area contributed by atoms with Crippen molar-refractivity contribution in [2.45, 2.75) is 44.2 Å². The summed E-state index contributed by atoms with van der Waals surface area (Å²) in [5.41, 5.74) is 6.41. The van der Waals surface area contributed by atoms with Crippen molar-refractivity contribution >= 4 is 68.7 Å². The standard InChI is InChI=1S/C30H31ClFN6O13P3/c1-17(29(40)46-14-18-8-3-2-4-9-18)37-52(41,49-21-13-7-11-19-10-5-6-12-20(19)21)50-54(44,45)51-53(42,43)47-15-22-25(39)23(32)28(48-22)38-16-34-24-26(33)35-30(31)36-27(24)38/h2-13,16-17,22-23,25,28,39H,14-15H2,1H3,(H,37,41)(H,42,43)(H,44,45)(H2,33,35,36)/t17?,22-,23+,25-,28-,52?/m1/s1. The van der Waals surface area contributed by atoms with Crippen LogP contribution in [0, 0.1) is 0 Å². The summed E-state index contributed by atoms with van der Waals surface area (Å²) in [6.07, 6.45) is -6.33. The van der Waals surface area contributed by atoms with Gasteiger partial charge in [-0.15, -0.1) is 0 Å². The van der Waals surface area contributed by atoms with E-state index in [4.69, 9.17) is 40.2 Å². The molecule has 2 aromatic heterocycles. The second-order valence-electron chi connectivity index (χ2n) is 11.6. The molecule has 4 unspecified atom stereocenters. The molecule has 5 aromatic rings. The van der Waals surface area contributed by atoms with Gasteiger partial charge in [-0.1, -0.05) is 66.7 Å². The van der Waals surface area contributed by atoms with Gasteiger partial charge in [0.25, 0.3) is 0 Å². The molecule has 54 heavy (non-hydrogen) atoms. The maximum absolute atomic E-state index is 15.2. The molecule has 0 spiro atoms. The number of carbonyl (C=O) groups is 1. The van der Waals surface area contributed by atoms with Crippen LogP contribution in [0.5, 0.6) is 5.75 Å². The summed E-state index contributed by atoms with van der Waals surface area (Å²) >= 11 is 5.86. The molecule has 0 aliphatic carbocycles. The lowest BCUT2D eigenvalue weighted by Gasteiger charge is -2.25. The molecule has 24 heteroatoms. The summed E-state index contributed by atoms with van der Waals surface area (Å²) in [7, 11) is -16.8. The van der Waals surface area contributed by atoms with E-state index in [-0.39, 0.29) is 34.6 Å². The van der Waals surface area contributed by atoms with E-state index >= 15 is 4.39 Å². The molecular formula is C30H31ClFN6O13P3. The van der Waals surface area contributed by atoms with Gasteiger partial charge in [-0.25, -0.2) is 23.1 Å². The van der Waals surface area contributed by atoms with Crippen molar-refractivity contribution in [3.8, 4) is 5.75 Å². The first kappa shape index (κ1) is 39.8. The number of hydrogen-bond donors (Lipinski definition) is 5. The molecule has 3 heterocycles. The predicted molar refractivity (Wildman–Crippen MR) is 188 cm³/mol. The Balaban J connectivity index is 1.15. The van der Waals surface area contributed by atoms with Crippen molar-refractivity contribution in [3.63, 3.8) is 0 Å². The van der Waals surface area contributed by atoms with Gasteiger partial charge in [0.15, 0.2) is 23.9 Å². The number of esters is 1. The molecule has 1 aliphatic heterocycles. The minimum atomic E-state index is -5.93. The van der Waals surface area contributed by atoms with Gasteiger partial charge in [-0.3, -0.25) is 13.9 Å². The van der Waals surface area contributed by atoms with Crippen LogP contribution in [0.3, 0.4) is 0 Å². The number of nitrogens with one attached hydrogen (secondary N) is 1. The molecule has 1 fully saturated rings. The molecule has 6 N–H and O–H groups in total. The average molecular weight is 831 g/mol. The Labute approximate surface area is 309 Å². The number of aliphatic hydroxyl groups excluding tert-OH is 1. The molecule has 0 radical (unpaired) electrons. The number of nitrogens with two attached hydrogens (primary N) is 1. The van der Waals surface area contributed by atoms with Crippen LogP contribution in [0.1, 0.15) is 18.7 Å². The molecular weight excluding hydrogens is 800 g/mol. The van der Waals surface area contributed by atoms with Crippen LogP contribution in [-0.4, -0.2) is 71.4 Å². The van der Waals surface area contributed by atoms with Crippen LogP contribution in [0.4, 0.5) is 10.2 Å². The highest BCUT2D eigenvalue weighted by molar-refractivity contribution is 7.68. The molecule has 1 saturated heterocycles. The number of aliphatic hydroxyl groups is 1. The number of hydrogen-bond acceptors (Lipinski definition) is 15. The largest absolute Gasteiger partial charge is 0.490 e. The van der Waals surface area contributed by atoms with Gasteiger partial charge < -0.3 is 34.6 Å². The monoisotopic (exact) mass is 830 g/mol. The van der Waals surface area contributed by atoms with E-state index in [1.54, 1.807) is 60.7 Å². The Kier molecular flexibility index (Phi) is 11.9. The van der Waals surface area contributed by atoms with Crippen molar-refractivity contribution in [3.05, 3.63) is 90.0 Å². The fourth-order valence-electron chi connectivity index (χ4n) is 5.25. The van der Waals surface area contributed by atoms with Crippen molar-refractivity contribution in [1.82, 2.24) is 24.6 Å². The van der Waals surface area contributed by atoms with Crippen LogP contribution in [0.2, 0.25) is 5.28 Å². The van der Waals surface area contributed by atoms with Gasteiger partial charge in [0.2, 0.25) is 5.28 Å². The molecule has 288 valence electrons. The SMILES string of the molecule is CC(NP(=O)(Oc1cccc2ccccc12)OP(=O)(O)OP(=O)(O)OC[C@H]1O[C@@H](n2cnc3c(N)nc(Cl)nc32)[C@@H](F)[C@@H]1O)C(=O)OCc1ccccc1. The Morgan fingerprint density at radius 2 is 1.74 bits per heavy atom. The predicted octanol–water partition coefficient (Wildman–Crippen LogP) is 4.97. The van der Waals surface area contributed by atoms with E-state index in [1.165, 1.54) is 19.1 Å². The van der Waals surface area contributed by atoms with E-state index in [0.29, 0.717) is 16.3 Å². The number of carbonyl (C=O) groups excluding carboxylic acids is 1. The molecule has 0 amide bonds. The number of halogens is 2. The second-order valence-corrected chi connectivity index (χ2v) is 16.8. The van der Waals surface area contributed by atoms with Gasteiger partial charge in [0.05, 0.1) is 12.9 Å². The average Bonchev–Trinajstić information content (AvgIpc) is 3.65. The smallest absolute Gasteiger partial charge is 0.460 e. The third kappa shape index (κ3) is 9.32. The summed E-state index contributed by atoms with van der Waals surface area (Å²) in [4.78, 5) is 45.5. The van der Waals surface area contributed by atoms with E-state index in [9.17, 15) is 33.4 Å². The lowest BCUT2D eigenvalue weighted by Crippen LogP contribution is -2.34. The first-order valence-electron chi connectivity index (χ1n) is 15.6. The first-order chi connectivity index (χ1) is 25.5. The van der Waals surface area contributed by atoms with Gasteiger partial charge >= 0.3 is 29.4 Å². The third-order valence-electron chi connectivity index (χ3n) is 7.71. The quantitative estimate of drug-likeness (QED) is 0.0529. The third-order valence-corrected chi connectivity index (χ3v) is 12.8. The number of aromatic nitrogens is 4. The minimum Gasteiger partial charge on any atom is -0.460 e. The number of phosphoric acid groups is 2. The maximum atomic E-state index is 15.2. The molecule has 8 atom stereocenters. The van der Waals surface area contributed by atoms with E-state index in [1.807, 2.05) is 0 Å². The Morgan fingerprint density at radius 3 is 2.50 bits per heavy atom. The fourth-order valence-corrected chi connectivity index (χ4v) is 9.83. The normalized spacial score (nSPS) is 22.6. The van der Waals surface area contributed by atoms with Crippen molar-refractivity contribution < 1.29 is 64.9 Å². The summed E-state index contributed by atoms with van der Waals surface area (Å²) in [5, 5.41) is 13.4. The van der Waals surface area contributed by atoms with Gasteiger partial charge in [-0.2, -0.15) is 23.7 Å². The van der Waals surface area contributed by atoms with Crippen LogP contribution in [-0.2, 0) is 47.7 Å². The van der Waals surface area contributed by atoms with E-state index < -0.39 is 66.6 Å². The van der Waals surface area contributed by atoms with E-state index in [0.717, 1.165) is 10.9 Å². The lowest BCUT2D eigenvalue weighted by atomic mass is 10.1. The summed E-state index contributed by atoms with van der Waals surface area (Å²) in [6.45, 7) is -0.0588. The molecule has 0 saturated carbocycles. The second kappa shape index (κ2) is 16.1. The number of alkyl halides is 1. The van der Waals surface area contributed by atoms with Crippen molar-refractivity contribution in [2.24, 2.45) is 0 Å². The molecule has 0 bridgehead atoms. The van der Waals surface area contributed by atoms with Crippen LogP contribution >= 0.6 is 35.0 Å². The number of nitrogen functional groups attached to an aromatic ring is 1. The fraction of sp³-hybridized carbons (Fsp3) is 0.267. The summed E-state index contributed by atoms with van der Waals surface area (Å²) in [5.74, 6) is -1.23. The highest BCUT2D eigenvalue weighted by atomic mass is 35.5.